The highest BCUT2D eigenvalue weighted by Crippen LogP contribution is 2.15. The van der Waals surface area contributed by atoms with Crippen molar-refractivity contribution in [3.05, 3.63) is 0 Å². The Kier molecular flexibility index (Phi) is 4.82. The van der Waals surface area contributed by atoms with Crippen molar-refractivity contribution in [2.75, 3.05) is 24.3 Å². The summed E-state index contributed by atoms with van der Waals surface area (Å²) in [6.45, 7) is 4.75. The summed E-state index contributed by atoms with van der Waals surface area (Å²) < 4.78 is 24.9. The van der Waals surface area contributed by atoms with Crippen molar-refractivity contribution < 1.29 is 8.42 Å². The molecular formula is C8H17BrN2O2S. The van der Waals surface area contributed by atoms with Crippen LogP contribution in [-0.4, -0.2) is 43.7 Å². The Labute approximate surface area is 94.2 Å². The smallest absolute Gasteiger partial charge is 0.221 e. The highest BCUT2D eigenvalue weighted by Gasteiger charge is 2.23. The minimum Gasteiger partial charge on any atom is -0.299 e. The third-order valence-electron chi connectivity index (χ3n) is 2.59. The molecule has 1 unspecified atom stereocenters. The van der Waals surface area contributed by atoms with Gasteiger partial charge in [0.05, 0.1) is 0 Å². The number of rotatable bonds is 5. The Bertz CT molecular complexity index is 269. The lowest BCUT2D eigenvalue weighted by Crippen LogP contribution is -2.40. The third kappa shape index (κ3) is 3.49. The van der Waals surface area contributed by atoms with Crippen LogP contribution in [0.1, 0.15) is 19.8 Å². The highest BCUT2D eigenvalue weighted by atomic mass is 79.9. The molecule has 1 heterocycles. The molecule has 0 amide bonds. The number of halogens is 1. The zero-order valence-corrected chi connectivity index (χ0v) is 10.8. The van der Waals surface area contributed by atoms with Crippen molar-refractivity contribution in [3.63, 3.8) is 0 Å². The van der Waals surface area contributed by atoms with Gasteiger partial charge in [0.2, 0.25) is 10.0 Å². The van der Waals surface area contributed by atoms with Crippen LogP contribution in [-0.2, 0) is 10.0 Å². The molecule has 0 aromatic carbocycles. The maximum Gasteiger partial charge on any atom is 0.221 e. The van der Waals surface area contributed by atoms with E-state index in [0.29, 0.717) is 12.6 Å². The molecule has 1 N–H and O–H groups in total. The fourth-order valence-electron chi connectivity index (χ4n) is 1.80. The maximum absolute atomic E-state index is 11.2. The van der Waals surface area contributed by atoms with Crippen molar-refractivity contribution in [2.45, 2.75) is 25.8 Å². The first kappa shape index (κ1) is 12.4. The van der Waals surface area contributed by atoms with Gasteiger partial charge in [0.15, 0.2) is 0 Å². The van der Waals surface area contributed by atoms with E-state index in [1.165, 1.54) is 6.42 Å². The van der Waals surface area contributed by atoms with Crippen LogP contribution < -0.4 is 4.72 Å². The number of hydrogen-bond donors (Lipinski definition) is 1. The number of sulfonamides is 1. The fourth-order valence-corrected chi connectivity index (χ4v) is 2.81. The summed E-state index contributed by atoms with van der Waals surface area (Å²) in [5.74, 6) is 0. The Balaban J connectivity index is 2.38. The van der Waals surface area contributed by atoms with E-state index in [-0.39, 0.29) is 4.66 Å². The van der Waals surface area contributed by atoms with Crippen LogP contribution in [0.2, 0.25) is 0 Å². The summed E-state index contributed by atoms with van der Waals surface area (Å²) >= 11 is 2.95. The number of likely N-dealkylation sites (N-methyl/N-ethyl adjacent to an activating group) is 1. The van der Waals surface area contributed by atoms with Gasteiger partial charge in [-0.25, -0.2) is 13.1 Å². The molecule has 1 aliphatic heterocycles. The van der Waals surface area contributed by atoms with Gasteiger partial charge in [0.1, 0.15) is 4.66 Å². The van der Waals surface area contributed by atoms with Gasteiger partial charge < -0.3 is 0 Å². The van der Waals surface area contributed by atoms with Crippen LogP contribution in [0, 0.1) is 0 Å². The molecule has 0 aliphatic carbocycles. The van der Waals surface area contributed by atoms with E-state index in [2.05, 4.69) is 32.5 Å². The summed E-state index contributed by atoms with van der Waals surface area (Å²) in [7, 11) is -3.10. The lowest BCUT2D eigenvalue weighted by molar-refractivity contribution is 0.268. The molecule has 4 nitrogen and oxygen atoms in total. The molecule has 1 atom stereocenters. The molecule has 6 heteroatoms. The zero-order valence-electron chi connectivity index (χ0n) is 8.37. The Morgan fingerprint density at radius 3 is 2.86 bits per heavy atom. The van der Waals surface area contributed by atoms with Crippen molar-refractivity contribution >= 4 is 26.0 Å². The molecule has 1 saturated heterocycles. The predicted octanol–water partition coefficient (Wildman–Crippen LogP) is 0.743. The number of likely N-dealkylation sites (tertiary alicyclic amines) is 1. The number of alkyl halides is 1. The summed E-state index contributed by atoms with van der Waals surface area (Å²) in [4.78, 5) is 2.32. The molecule has 1 rings (SSSR count). The van der Waals surface area contributed by atoms with Crippen LogP contribution >= 0.6 is 15.9 Å². The van der Waals surface area contributed by atoms with Gasteiger partial charge in [-0.15, -0.1) is 0 Å². The standard InChI is InChI=1S/C8H17BrN2O2S/c1-2-11-5-3-4-8(11)6-10-14(12,13)7-9/h8,10H,2-7H2,1H3. The maximum atomic E-state index is 11.2. The Morgan fingerprint density at radius 1 is 1.57 bits per heavy atom. The summed E-state index contributed by atoms with van der Waals surface area (Å²) in [6, 6.07) is 0.383. The van der Waals surface area contributed by atoms with Gasteiger partial charge in [-0.3, -0.25) is 4.90 Å². The topological polar surface area (TPSA) is 49.4 Å². The van der Waals surface area contributed by atoms with E-state index in [1.54, 1.807) is 0 Å². The molecule has 1 aliphatic rings. The fraction of sp³-hybridized carbons (Fsp3) is 1.00. The van der Waals surface area contributed by atoms with Crippen LogP contribution in [0.4, 0.5) is 0 Å². The van der Waals surface area contributed by atoms with E-state index < -0.39 is 10.0 Å². The lowest BCUT2D eigenvalue weighted by atomic mass is 10.2. The molecule has 0 bridgehead atoms. The average Bonchev–Trinajstić information content (AvgIpc) is 2.62. The Hall–Kier alpha value is 0.350. The van der Waals surface area contributed by atoms with Crippen molar-refractivity contribution in [3.8, 4) is 0 Å². The van der Waals surface area contributed by atoms with E-state index in [0.717, 1.165) is 19.5 Å². The molecular weight excluding hydrogens is 268 g/mol. The second kappa shape index (κ2) is 5.44. The first-order valence-electron chi connectivity index (χ1n) is 4.86. The first-order chi connectivity index (χ1) is 6.59. The SMILES string of the molecule is CCN1CCCC1CNS(=O)(=O)CBr. The van der Waals surface area contributed by atoms with Crippen LogP contribution in [0.3, 0.4) is 0 Å². The molecule has 84 valence electrons. The van der Waals surface area contributed by atoms with Gasteiger partial charge in [-0.2, -0.15) is 0 Å². The van der Waals surface area contributed by atoms with Gasteiger partial charge in [-0.05, 0) is 25.9 Å². The van der Waals surface area contributed by atoms with E-state index in [1.807, 2.05) is 0 Å². The van der Waals surface area contributed by atoms with Gasteiger partial charge >= 0.3 is 0 Å². The largest absolute Gasteiger partial charge is 0.299 e. The summed E-state index contributed by atoms with van der Waals surface area (Å²) in [6.07, 6.45) is 2.27. The second-order valence-electron chi connectivity index (χ2n) is 3.50. The van der Waals surface area contributed by atoms with Gasteiger partial charge in [0, 0.05) is 12.6 Å². The molecule has 0 aromatic heterocycles. The van der Waals surface area contributed by atoms with E-state index in [4.69, 9.17) is 0 Å². The van der Waals surface area contributed by atoms with E-state index in [9.17, 15) is 8.42 Å². The number of nitrogens with zero attached hydrogens (tertiary/aromatic N) is 1. The third-order valence-corrected chi connectivity index (χ3v) is 5.29. The minimum absolute atomic E-state index is 0.0150. The predicted molar refractivity (Wildman–Crippen MR) is 61.0 cm³/mol. The Morgan fingerprint density at radius 2 is 2.29 bits per heavy atom. The molecule has 0 radical (unpaired) electrons. The second-order valence-corrected chi connectivity index (χ2v) is 6.61. The van der Waals surface area contributed by atoms with Crippen LogP contribution in [0.5, 0.6) is 0 Å². The van der Waals surface area contributed by atoms with Crippen molar-refractivity contribution in [1.29, 1.82) is 0 Å². The number of nitrogens with one attached hydrogen (secondary N) is 1. The minimum atomic E-state index is -3.10. The first-order valence-corrected chi connectivity index (χ1v) is 7.63. The molecule has 0 aromatic rings. The van der Waals surface area contributed by atoms with Crippen LogP contribution in [0.25, 0.3) is 0 Å². The summed E-state index contributed by atoms with van der Waals surface area (Å²) in [5, 5.41) is 0. The molecule has 0 spiro atoms. The highest BCUT2D eigenvalue weighted by molar-refractivity contribution is 9.10. The average molecular weight is 285 g/mol. The van der Waals surface area contributed by atoms with Gasteiger partial charge in [0.25, 0.3) is 0 Å². The molecule has 0 saturated carbocycles. The monoisotopic (exact) mass is 284 g/mol. The van der Waals surface area contributed by atoms with Crippen LogP contribution in [0.15, 0.2) is 0 Å². The van der Waals surface area contributed by atoms with Crippen molar-refractivity contribution in [2.24, 2.45) is 0 Å². The molecule has 14 heavy (non-hydrogen) atoms. The zero-order chi connectivity index (χ0) is 10.6. The normalized spacial score (nSPS) is 24.3. The molecule has 1 fully saturated rings. The quantitative estimate of drug-likeness (QED) is 0.758. The van der Waals surface area contributed by atoms with Crippen molar-refractivity contribution in [1.82, 2.24) is 9.62 Å². The summed E-state index contributed by atoms with van der Waals surface area (Å²) in [5.41, 5.74) is 0. The van der Waals surface area contributed by atoms with E-state index >= 15 is 0 Å². The lowest BCUT2D eigenvalue weighted by Gasteiger charge is -2.22. The van der Waals surface area contributed by atoms with Gasteiger partial charge in [-0.1, -0.05) is 22.9 Å². The number of hydrogen-bond acceptors (Lipinski definition) is 3.